The van der Waals surface area contributed by atoms with Crippen LogP contribution in [0.2, 0.25) is 0 Å². The number of amides is 2. The molecule has 3 aromatic rings. The van der Waals surface area contributed by atoms with Crippen molar-refractivity contribution in [3.05, 3.63) is 75.9 Å². The van der Waals surface area contributed by atoms with Crippen LogP contribution in [0.4, 0.5) is 24.5 Å². The van der Waals surface area contributed by atoms with Crippen LogP contribution in [0.25, 0.3) is 5.69 Å². The molecule has 0 aliphatic carbocycles. The number of hydrogen-bond donors (Lipinski definition) is 2. The Morgan fingerprint density at radius 1 is 1.12 bits per heavy atom. The van der Waals surface area contributed by atoms with E-state index in [1.807, 2.05) is 0 Å². The topological polar surface area (TPSA) is 132 Å². The van der Waals surface area contributed by atoms with Crippen LogP contribution in [0.3, 0.4) is 0 Å². The predicted molar refractivity (Wildman–Crippen MR) is 106 cm³/mol. The summed E-state index contributed by atoms with van der Waals surface area (Å²) in [4.78, 5) is 39.1. The summed E-state index contributed by atoms with van der Waals surface area (Å²) in [5.41, 5.74) is 0.260. The molecule has 0 atom stereocenters. The van der Waals surface area contributed by atoms with Crippen LogP contribution in [0.1, 0.15) is 26.3 Å². The minimum atomic E-state index is -4.56. The molecule has 1 aromatic heterocycles. The van der Waals surface area contributed by atoms with Crippen molar-refractivity contribution in [3.63, 3.8) is 0 Å². The number of alkyl halides is 3. The van der Waals surface area contributed by atoms with E-state index < -0.39 is 29.5 Å². The van der Waals surface area contributed by atoms with Crippen molar-refractivity contribution in [1.82, 2.24) is 20.1 Å². The Hall–Kier alpha value is -4.29. The van der Waals surface area contributed by atoms with Gasteiger partial charge in [0.05, 0.1) is 4.92 Å². The van der Waals surface area contributed by atoms with Crippen molar-refractivity contribution < 1.29 is 27.7 Å². The second kappa shape index (κ2) is 8.83. The van der Waals surface area contributed by atoms with Gasteiger partial charge in [-0.3, -0.25) is 19.7 Å². The second-order valence-corrected chi connectivity index (χ2v) is 6.58. The zero-order valence-corrected chi connectivity index (χ0v) is 16.4. The fraction of sp³-hybridized carbons (Fsp3) is 0.158. The van der Waals surface area contributed by atoms with Crippen LogP contribution in [0.5, 0.6) is 0 Å². The van der Waals surface area contributed by atoms with Crippen LogP contribution >= 0.6 is 0 Å². The molecule has 0 fully saturated rings. The van der Waals surface area contributed by atoms with Gasteiger partial charge >= 0.3 is 6.18 Å². The van der Waals surface area contributed by atoms with Crippen LogP contribution in [0, 0.1) is 17.0 Å². The average Bonchev–Trinajstić information content (AvgIpc) is 3.27. The lowest BCUT2D eigenvalue weighted by Gasteiger charge is -2.12. The smallest absolute Gasteiger partial charge is 0.343 e. The molecule has 3 rings (SSSR count). The van der Waals surface area contributed by atoms with Crippen LogP contribution < -0.4 is 10.6 Å². The fourth-order valence-corrected chi connectivity index (χ4v) is 2.71. The van der Waals surface area contributed by atoms with E-state index in [-0.39, 0.29) is 28.2 Å². The third-order valence-corrected chi connectivity index (χ3v) is 4.30. The zero-order valence-electron chi connectivity index (χ0n) is 16.4. The number of nitrogens with one attached hydrogen (secondary N) is 2. The van der Waals surface area contributed by atoms with Gasteiger partial charge in [0.1, 0.15) is 24.9 Å². The maximum Gasteiger partial charge on any atom is 0.405 e. The lowest BCUT2D eigenvalue weighted by Crippen LogP contribution is -2.33. The number of aromatic nitrogens is 3. The highest BCUT2D eigenvalue weighted by Gasteiger charge is 2.28. The lowest BCUT2D eigenvalue weighted by atomic mass is 10.1. The van der Waals surface area contributed by atoms with Crippen molar-refractivity contribution in [2.24, 2.45) is 0 Å². The summed E-state index contributed by atoms with van der Waals surface area (Å²) in [5, 5.41) is 19.5. The fourth-order valence-electron chi connectivity index (χ4n) is 2.71. The maximum atomic E-state index is 12.7. The number of carbonyl (C=O) groups excluding carboxylic acids is 2. The first kappa shape index (κ1) is 22.4. The highest BCUT2D eigenvalue weighted by Crippen LogP contribution is 2.25. The summed E-state index contributed by atoms with van der Waals surface area (Å²) in [6.45, 7) is 0.118. The molecule has 0 saturated heterocycles. The van der Waals surface area contributed by atoms with E-state index in [1.54, 1.807) is 12.2 Å². The molecule has 13 heteroatoms. The number of rotatable bonds is 6. The van der Waals surface area contributed by atoms with E-state index in [4.69, 9.17) is 0 Å². The quantitative estimate of drug-likeness (QED) is 0.440. The molecule has 0 bridgehead atoms. The van der Waals surface area contributed by atoms with E-state index in [0.717, 1.165) is 6.07 Å². The molecule has 0 unspecified atom stereocenters. The molecule has 1 heterocycles. The third kappa shape index (κ3) is 5.24. The number of benzene rings is 2. The lowest BCUT2D eigenvalue weighted by molar-refractivity contribution is -0.384. The number of anilines is 1. The largest absolute Gasteiger partial charge is 0.405 e. The molecule has 0 spiro atoms. The summed E-state index contributed by atoms with van der Waals surface area (Å²) in [7, 11) is 0. The molecular formula is C19H15F3N6O4. The van der Waals surface area contributed by atoms with Crippen LogP contribution in [-0.2, 0) is 0 Å². The Labute approximate surface area is 178 Å². The van der Waals surface area contributed by atoms with Gasteiger partial charge in [-0.15, -0.1) is 0 Å². The molecule has 0 aliphatic rings. The summed E-state index contributed by atoms with van der Waals surface area (Å²) in [6.07, 6.45) is -2.10. The van der Waals surface area contributed by atoms with Crippen molar-refractivity contribution in [3.8, 4) is 5.69 Å². The zero-order chi connectivity index (χ0) is 23.5. The average molecular weight is 448 g/mol. The number of nitro benzene ring substituents is 1. The molecular weight excluding hydrogens is 433 g/mol. The van der Waals surface area contributed by atoms with Crippen molar-refractivity contribution >= 4 is 23.2 Å². The van der Waals surface area contributed by atoms with E-state index in [0.29, 0.717) is 5.56 Å². The van der Waals surface area contributed by atoms with Gasteiger partial charge in [0.25, 0.3) is 17.5 Å². The molecule has 2 N–H and O–H groups in total. The van der Waals surface area contributed by atoms with Gasteiger partial charge in [-0.05, 0) is 36.8 Å². The number of aryl methyl sites for hydroxylation is 1. The third-order valence-electron chi connectivity index (χ3n) is 4.30. The summed E-state index contributed by atoms with van der Waals surface area (Å²) in [5.74, 6) is -1.68. The molecule has 32 heavy (non-hydrogen) atoms. The van der Waals surface area contributed by atoms with Crippen LogP contribution in [0.15, 0.2) is 49.1 Å². The van der Waals surface area contributed by atoms with Gasteiger partial charge in [-0.25, -0.2) is 9.67 Å². The number of nitro groups is 1. The van der Waals surface area contributed by atoms with Gasteiger partial charge in [-0.2, -0.15) is 18.3 Å². The normalized spacial score (nSPS) is 11.1. The first-order valence-corrected chi connectivity index (χ1v) is 8.95. The Morgan fingerprint density at radius 3 is 2.44 bits per heavy atom. The van der Waals surface area contributed by atoms with E-state index >= 15 is 0 Å². The van der Waals surface area contributed by atoms with Gasteiger partial charge < -0.3 is 10.6 Å². The first-order chi connectivity index (χ1) is 15.0. The highest BCUT2D eigenvalue weighted by molar-refractivity contribution is 6.06. The Kier molecular flexibility index (Phi) is 6.18. The SMILES string of the molecule is Cc1ccc(C(=O)NCC(F)(F)F)cc1NC(=O)c1ccc(-n2cncn2)c([N+](=O)[O-])c1. The van der Waals surface area contributed by atoms with Crippen molar-refractivity contribution in [2.45, 2.75) is 13.1 Å². The molecule has 0 aliphatic heterocycles. The minimum Gasteiger partial charge on any atom is -0.343 e. The Morgan fingerprint density at radius 2 is 1.81 bits per heavy atom. The molecule has 166 valence electrons. The standard InChI is InChI=1S/C19H15F3N6O4/c1-11-2-3-12(17(29)24-8-19(20,21)22)6-14(11)26-18(30)13-4-5-15(16(7-13)28(31)32)27-10-23-9-25-27/h2-7,9-10H,8H2,1H3,(H,24,29)(H,26,30). The second-order valence-electron chi connectivity index (χ2n) is 6.58. The predicted octanol–water partition coefficient (Wildman–Crippen LogP) is 3.03. The first-order valence-electron chi connectivity index (χ1n) is 8.95. The number of nitrogens with zero attached hydrogens (tertiary/aromatic N) is 4. The van der Waals surface area contributed by atoms with Crippen molar-refractivity contribution in [2.75, 3.05) is 11.9 Å². The van der Waals surface area contributed by atoms with Crippen LogP contribution in [-0.4, -0.2) is 44.2 Å². The summed E-state index contributed by atoms with van der Waals surface area (Å²) in [6, 6.07) is 7.71. The number of carbonyl (C=O) groups is 2. The maximum absolute atomic E-state index is 12.7. The summed E-state index contributed by atoms with van der Waals surface area (Å²) < 4.78 is 38.1. The Bertz CT molecular complexity index is 1180. The molecule has 0 radical (unpaired) electrons. The monoisotopic (exact) mass is 448 g/mol. The van der Waals surface area contributed by atoms with E-state index in [9.17, 15) is 32.9 Å². The minimum absolute atomic E-state index is 0.0492. The van der Waals surface area contributed by atoms with Gasteiger partial charge in [0.15, 0.2) is 0 Å². The summed E-state index contributed by atoms with van der Waals surface area (Å²) >= 11 is 0. The molecule has 0 saturated carbocycles. The Balaban J connectivity index is 1.83. The molecule has 2 aromatic carbocycles. The highest BCUT2D eigenvalue weighted by atomic mass is 19.4. The van der Waals surface area contributed by atoms with E-state index in [1.165, 1.54) is 47.7 Å². The van der Waals surface area contributed by atoms with Crippen molar-refractivity contribution in [1.29, 1.82) is 0 Å². The number of hydrogen-bond acceptors (Lipinski definition) is 6. The van der Waals surface area contributed by atoms with Gasteiger partial charge in [-0.1, -0.05) is 6.07 Å². The molecule has 10 nitrogen and oxygen atoms in total. The molecule has 2 amide bonds. The number of halogens is 3. The van der Waals surface area contributed by atoms with Gasteiger partial charge in [0.2, 0.25) is 0 Å². The van der Waals surface area contributed by atoms with E-state index in [2.05, 4.69) is 15.4 Å². The van der Waals surface area contributed by atoms with Gasteiger partial charge in [0, 0.05) is 22.9 Å².